The molecule has 1 aliphatic heterocycles. The molecule has 6 nitrogen and oxygen atoms in total. The van der Waals surface area contributed by atoms with Gasteiger partial charge in [-0.05, 0) is 37.3 Å². The molecular weight excluding hydrogens is 328 g/mol. The number of H-pyrrole nitrogens is 1. The lowest BCUT2D eigenvalue weighted by atomic mass is 9.98. The van der Waals surface area contributed by atoms with Crippen LogP contribution in [-0.2, 0) is 16.0 Å². The van der Waals surface area contributed by atoms with E-state index in [2.05, 4.69) is 44.5 Å². The standard InChI is InChI=1S/C20H28N4O2/c1-3-26-19(25)16-8-6-12-24(14-16)20(21-2)22-11-10-17-13-15-7-4-5-9-18(15)23-17/h4-5,7,9,13,16,23H,3,6,8,10-12,14H2,1-2H3,(H,21,22)/t16-/m1/s1. The predicted molar refractivity (Wildman–Crippen MR) is 104 cm³/mol. The molecule has 1 aliphatic rings. The van der Waals surface area contributed by atoms with Gasteiger partial charge in [0.15, 0.2) is 5.96 Å². The lowest BCUT2D eigenvalue weighted by Gasteiger charge is -2.33. The summed E-state index contributed by atoms with van der Waals surface area (Å²) in [5, 5.41) is 4.66. The molecule has 0 aliphatic carbocycles. The van der Waals surface area contributed by atoms with Gasteiger partial charge >= 0.3 is 5.97 Å². The van der Waals surface area contributed by atoms with Gasteiger partial charge in [-0.3, -0.25) is 9.79 Å². The molecule has 1 fully saturated rings. The van der Waals surface area contributed by atoms with Crippen LogP contribution < -0.4 is 5.32 Å². The molecule has 0 radical (unpaired) electrons. The first-order chi connectivity index (χ1) is 12.7. The molecule has 2 aromatic rings. The number of piperidine rings is 1. The number of carbonyl (C=O) groups excluding carboxylic acids is 1. The summed E-state index contributed by atoms with van der Waals surface area (Å²) < 4.78 is 5.18. The molecule has 26 heavy (non-hydrogen) atoms. The monoisotopic (exact) mass is 356 g/mol. The number of esters is 1. The van der Waals surface area contributed by atoms with Crippen molar-refractivity contribution in [2.24, 2.45) is 10.9 Å². The van der Waals surface area contributed by atoms with Crippen molar-refractivity contribution in [3.63, 3.8) is 0 Å². The van der Waals surface area contributed by atoms with Crippen LogP contribution in [-0.4, -0.2) is 55.1 Å². The average molecular weight is 356 g/mol. The van der Waals surface area contributed by atoms with Crippen LogP contribution in [0.4, 0.5) is 0 Å². The number of para-hydroxylation sites is 1. The number of guanidine groups is 1. The van der Waals surface area contributed by atoms with Crippen LogP contribution in [0.5, 0.6) is 0 Å². The molecule has 0 amide bonds. The minimum atomic E-state index is -0.0919. The van der Waals surface area contributed by atoms with Gasteiger partial charge in [-0.1, -0.05) is 18.2 Å². The molecule has 0 spiro atoms. The van der Waals surface area contributed by atoms with E-state index in [4.69, 9.17) is 4.74 Å². The third-order valence-electron chi connectivity index (χ3n) is 4.82. The smallest absolute Gasteiger partial charge is 0.310 e. The van der Waals surface area contributed by atoms with Crippen molar-refractivity contribution >= 4 is 22.8 Å². The van der Waals surface area contributed by atoms with Crippen LogP contribution in [0.1, 0.15) is 25.5 Å². The van der Waals surface area contributed by atoms with E-state index in [1.807, 2.05) is 13.0 Å². The summed E-state index contributed by atoms with van der Waals surface area (Å²) in [6.45, 7) is 4.67. The summed E-state index contributed by atoms with van der Waals surface area (Å²) in [5.41, 5.74) is 2.37. The number of nitrogens with one attached hydrogen (secondary N) is 2. The van der Waals surface area contributed by atoms with E-state index >= 15 is 0 Å². The van der Waals surface area contributed by atoms with E-state index < -0.39 is 0 Å². The van der Waals surface area contributed by atoms with E-state index in [1.165, 1.54) is 16.6 Å². The van der Waals surface area contributed by atoms with Crippen molar-refractivity contribution in [1.29, 1.82) is 0 Å². The van der Waals surface area contributed by atoms with Gasteiger partial charge in [0.25, 0.3) is 0 Å². The lowest BCUT2D eigenvalue weighted by molar-refractivity contribution is -0.149. The summed E-state index contributed by atoms with van der Waals surface area (Å²) >= 11 is 0. The fraction of sp³-hybridized carbons (Fsp3) is 0.500. The van der Waals surface area contributed by atoms with Crippen LogP contribution in [0, 0.1) is 5.92 Å². The number of hydrogen-bond acceptors (Lipinski definition) is 3. The Morgan fingerprint density at radius 2 is 2.27 bits per heavy atom. The van der Waals surface area contributed by atoms with E-state index in [0.29, 0.717) is 13.2 Å². The minimum absolute atomic E-state index is 0.0593. The topological polar surface area (TPSA) is 69.7 Å². The third-order valence-corrected chi connectivity index (χ3v) is 4.82. The number of aliphatic imine (C=N–C) groups is 1. The van der Waals surface area contributed by atoms with Crippen LogP contribution in [0.3, 0.4) is 0 Å². The highest BCUT2D eigenvalue weighted by Gasteiger charge is 2.28. The van der Waals surface area contributed by atoms with Crippen LogP contribution in [0.2, 0.25) is 0 Å². The van der Waals surface area contributed by atoms with Crippen molar-refractivity contribution in [2.75, 3.05) is 33.3 Å². The molecule has 2 heterocycles. The number of hydrogen-bond donors (Lipinski definition) is 2. The quantitative estimate of drug-likeness (QED) is 0.491. The van der Waals surface area contributed by atoms with Gasteiger partial charge < -0.3 is 19.9 Å². The molecule has 1 aromatic heterocycles. The molecule has 0 unspecified atom stereocenters. The number of carbonyl (C=O) groups is 1. The highest BCUT2D eigenvalue weighted by molar-refractivity contribution is 5.82. The number of ether oxygens (including phenoxy) is 1. The molecule has 1 atom stereocenters. The first kappa shape index (κ1) is 18.3. The van der Waals surface area contributed by atoms with Crippen molar-refractivity contribution < 1.29 is 9.53 Å². The van der Waals surface area contributed by atoms with Crippen molar-refractivity contribution in [3.05, 3.63) is 36.0 Å². The van der Waals surface area contributed by atoms with Gasteiger partial charge in [0, 0.05) is 44.3 Å². The third kappa shape index (κ3) is 4.36. The maximum atomic E-state index is 12.0. The van der Waals surface area contributed by atoms with Crippen LogP contribution >= 0.6 is 0 Å². The molecule has 2 N–H and O–H groups in total. The predicted octanol–water partition coefficient (Wildman–Crippen LogP) is 2.56. The fourth-order valence-electron chi connectivity index (χ4n) is 3.53. The Morgan fingerprint density at radius 3 is 3.04 bits per heavy atom. The second-order valence-electron chi connectivity index (χ2n) is 6.64. The Balaban J connectivity index is 1.53. The summed E-state index contributed by atoms with van der Waals surface area (Å²) in [7, 11) is 1.79. The molecule has 6 heteroatoms. The Kier molecular flexibility index (Phi) is 6.15. The van der Waals surface area contributed by atoms with E-state index in [9.17, 15) is 4.79 Å². The molecule has 0 bridgehead atoms. The van der Waals surface area contributed by atoms with Gasteiger partial charge in [0.2, 0.25) is 0 Å². The summed E-state index contributed by atoms with van der Waals surface area (Å²) in [5.74, 6) is 0.705. The number of nitrogens with zero attached hydrogens (tertiary/aromatic N) is 2. The average Bonchev–Trinajstić information content (AvgIpc) is 3.08. The molecule has 140 valence electrons. The largest absolute Gasteiger partial charge is 0.466 e. The van der Waals surface area contributed by atoms with Crippen LogP contribution in [0.15, 0.2) is 35.3 Å². The summed E-state index contributed by atoms with van der Waals surface area (Å²) in [6, 6.07) is 10.5. The second-order valence-corrected chi connectivity index (χ2v) is 6.64. The second kappa shape index (κ2) is 8.74. The van der Waals surface area contributed by atoms with Crippen molar-refractivity contribution in [3.8, 4) is 0 Å². The minimum Gasteiger partial charge on any atom is -0.466 e. The number of rotatable bonds is 5. The fourth-order valence-corrected chi connectivity index (χ4v) is 3.53. The first-order valence-corrected chi connectivity index (χ1v) is 9.40. The molecule has 3 rings (SSSR count). The number of likely N-dealkylation sites (tertiary alicyclic amines) is 1. The van der Waals surface area contributed by atoms with Crippen LogP contribution in [0.25, 0.3) is 10.9 Å². The Hall–Kier alpha value is -2.50. The number of benzene rings is 1. The lowest BCUT2D eigenvalue weighted by Crippen LogP contribution is -2.48. The number of aromatic nitrogens is 1. The SMILES string of the molecule is CCOC(=O)[C@@H]1CCCN(C(=NC)NCCc2cc3ccccc3[nH]2)C1. The zero-order valence-corrected chi connectivity index (χ0v) is 15.6. The Bertz CT molecular complexity index is 735. The van der Waals surface area contributed by atoms with Gasteiger partial charge in [-0.2, -0.15) is 0 Å². The highest BCUT2D eigenvalue weighted by Crippen LogP contribution is 2.18. The zero-order valence-electron chi connectivity index (χ0n) is 15.6. The normalized spacial score (nSPS) is 18.2. The maximum absolute atomic E-state index is 12.0. The summed E-state index contributed by atoms with van der Waals surface area (Å²) in [4.78, 5) is 22.0. The molecular formula is C20H28N4O2. The molecule has 0 saturated carbocycles. The highest BCUT2D eigenvalue weighted by atomic mass is 16.5. The number of aromatic amines is 1. The van der Waals surface area contributed by atoms with E-state index in [-0.39, 0.29) is 11.9 Å². The van der Waals surface area contributed by atoms with Gasteiger partial charge in [0.1, 0.15) is 0 Å². The van der Waals surface area contributed by atoms with Crippen molar-refractivity contribution in [1.82, 2.24) is 15.2 Å². The van der Waals surface area contributed by atoms with Gasteiger partial charge in [-0.25, -0.2) is 0 Å². The molecule has 1 saturated heterocycles. The van der Waals surface area contributed by atoms with Crippen molar-refractivity contribution in [2.45, 2.75) is 26.2 Å². The van der Waals surface area contributed by atoms with Gasteiger partial charge in [0.05, 0.1) is 12.5 Å². The van der Waals surface area contributed by atoms with E-state index in [0.717, 1.165) is 38.3 Å². The Labute approximate surface area is 154 Å². The number of fused-ring (bicyclic) bond motifs is 1. The molecule has 1 aromatic carbocycles. The van der Waals surface area contributed by atoms with E-state index in [1.54, 1.807) is 7.05 Å². The zero-order chi connectivity index (χ0) is 18.4. The Morgan fingerprint density at radius 1 is 1.42 bits per heavy atom. The van der Waals surface area contributed by atoms with Gasteiger partial charge in [-0.15, -0.1) is 0 Å². The first-order valence-electron chi connectivity index (χ1n) is 9.40. The maximum Gasteiger partial charge on any atom is 0.310 e. The summed E-state index contributed by atoms with van der Waals surface area (Å²) in [6.07, 6.45) is 2.76.